The predicted octanol–water partition coefficient (Wildman–Crippen LogP) is 4.18. The van der Waals surface area contributed by atoms with Gasteiger partial charge in [-0.2, -0.15) is 8.42 Å². The van der Waals surface area contributed by atoms with Crippen molar-refractivity contribution in [3.63, 3.8) is 0 Å². The summed E-state index contributed by atoms with van der Waals surface area (Å²) < 4.78 is 23.8. The Balaban J connectivity index is 3.40. The Morgan fingerprint density at radius 1 is 1.15 bits per heavy atom. The molecular formula is C13H17ClN2O3S. The second-order valence-electron chi connectivity index (χ2n) is 5.01. The van der Waals surface area contributed by atoms with E-state index in [1.165, 1.54) is 0 Å². The van der Waals surface area contributed by atoms with Gasteiger partial charge in [0.25, 0.3) is 0 Å². The molecule has 5 nitrogen and oxygen atoms in total. The first-order valence-corrected chi connectivity index (χ1v) is 7.58. The number of anilines is 1. The Hall–Kier alpha value is -1.40. The predicted molar refractivity (Wildman–Crippen MR) is 80.0 cm³/mol. The van der Waals surface area contributed by atoms with Crippen molar-refractivity contribution in [1.82, 2.24) is 0 Å². The van der Waals surface area contributed by atoms with E-state index in [2.05, 4.69) is 9.68 Å². The van der Waals surface area contributed by atoms with Crippen LogP contribution in [0.5, 0.6) is 0 Å². The van der Waals surface area contributed by atoms with Gasteiger partial charge in [-0.05, 0) is 35.1 Å². The summed E-state index contributed by atoms with van der Waals surface area (Å²) in [6.07, 6.45) is 0. The highest BCUT2D eigenvalue weighted by Crippen LogP contribution is 2.35. The normalized spacial score (nSPS) is 10.8. The van der Waals surface area contributed by atoms with E-state index in [1.807, 2.05) is 27.7 Å². The third-order valence-corrected chi connectivity index (χ3v) is 3.33. The molecule has 0 radical (unpaired) electrons. The zero-order valence-corrected chi connectivity index (χ0v) is 13.3. The smallest absolute Gasteiger partial charge is 0.305 e. The average Bonchev–Trinajstić information content (AvgIpc) is 2.29. The van der Waals surface area contributed by atoms with E-state index in [0.717, 1.165) is 11.1 Å². The number of benzene rings is 1. The summed E-state index contributed by atoms with van der Waals surface area (Å²) >= 11 is 6.10. The molecule has 0 saturated carbocycles. The number of halogens is 1. The number of rotatable bonds is 3. The second kappa shape index (κ2) is 6.85. The van der Waals surface area contributed by atoms with Crippen LogP contribution < -0.4 is 5.32 Å². The second-order valence-corrected chi connectivity index (χ2v) is 6.06. The summed E-state index contributed by atoms with van der Waals surface area (Å²) in [5.74, 6) is 0.249. The van der Waals surface area contributed by atoms with Crippen molar-refractivity contribution >= 4 is 33.8 Å². The van der Waals surface area contributed by atoms with Crippen molar-refractivity contribution in [3.8, 4) is 0 Å². The molecule has 0 aromatic heterocycles. The minimum Gasteiger partial charge on any atom is -0.305 e. The first-order chi connectivity index (χ1) is 9.22. The monoisotopic (exact) mass is 316 g/mol. The molecule has 0 aliphatic heterocycles. The maximum atomic E-state index is 11.6. The Morgan fingerprint density at radius 2 is 1.60 bits per heavy atom. The summed E-state index contributed by atoms with van der Waals surface area (Å²) in [5.41, 5.74) is 2.28. The van der Waals surface area contributed by atoms with Gasteiger partial charge in [-0.1, -0.05) is 43.7 Å². The highest BCUT2D eigenvalue weighted by atomic mass is 35.5. The van der Waals surface area contributed by atoms with Crippen molar-refractivity contribution < 1.29 is 13.2 Å². The van der Waals surface area contributed by atoms with E-state index >= 15 is 0 Å². The molecule has 1 aromatic rings. The molecule has 0 aliphatic carbocycles. The van der Waals surface area contributed by atoms with Crippen LogP contribution in [0.3, 0.4) is 0 Å². The van der Waals surface area contributed by atoms with E-state index in [9.17, 15) is 13.2 Å². The summed E-state index contributed by atoms with van der Waals surface area (Å²) in [7, 11) is -2.77. The van der Waals surface area contributed by atoms with Gasteiger partial charge in [-0.15, -0.1) is 0 Å². The SMILES string of the molecule is CC(C)c1cc(Cl)cc(C(C)C)c1NC(=O)N=S(=O)=O. The topological polar surface area (TPSA) is 75.6 Å². The molecule has 0 bridgehead atoms. The molecular weight excluding hydrogens is 300 g/mol. The van der Waals surface area contributed by atoms with E-state index in [0.29, 0.717) is 10.7 Å². The lowest BCUT2D eigenvalue weighted by Gasteiger charge is -2.19. The van der Waals surface area contributed by atoms with Gasteiger partial charge >= 0.3 is 16.5 Å². The lowest BCUT2D eigenvalue weighted by Crippen LogP contribution is -2.12. The Kier molecular flexibility index (Phi) is 5.71. The highest BCUT2D eigenvalue weighted by molar-refractivity contribution is 7.62. The van der Waals surface area contributed by atoms with Crippen LogP contribution in [0.1, 0.15) is 50.7 Å². The van der Waals surface area contributed by atoms with Crippen molar-refractivity contribution in [2.75, 3.05) is 5.32 Å². The van der Waals surface area contributed by atoms with Crippen molar-refractivity contribution in [2.45, 2.75) is 39.5 Å². The molecule has 0 fully saturated rings. The number of carbonyl (C=O) groups excluding carboxylic acids is 1. The van der Waals surface area contributed by atoms with Gasteiger partial charge < -0.3 is 5.32 Å². The first kappa shape index (κ1) is 16.7. The number of nitrogens with zero attached hydrogens (tertiary/aromatic N) is 1. The van der Waals surface area contributed by atoms with Crippen molar-refractivity contribution in [2.24, 2.45) is 4.36 Å². The summed E-state index contributed by atoms with van der Waals surface area (Å²) in [5, 5.41) is 3.13. The number of hydrogen-bond donors (Lipinski definition) is 1. The lowest BCUT2D eigenvalue weighted by molar-refractivity contribution is 0.260. The quantitative estimate of drug-likeness (QED) is 0.908. The van der Waals surface area contributed by atoms with Gasteiger partial charge in [0.15, 0.2) is 0 Å². The maximum absolute atomic E-state index is 11.6. The molecule has 0 spiro atoms. The summed E-state index contributed by atoms with van der Waals surface area (Å²) in [6.45, 7) is 7.87. The van der Waals surface area contributed by atoms with E-state index in [-0.39, 0.29) is 11.8 Å². The molecule has 0 atom stereocenters. The third-order valence-electron chi connectivity index (χ3n) is 2.80. The molecule has 7 heteroatoms. The number of hydrogen-bond acceptors (Lipinski definition) is 3. The molecule has 1 rings (SSSR count). The fourth-order valence-electron chi connectivity index (χ4n) is 1.90. The lowest BCUT2D eigenvalue weighted by atomic mass is 9.92. The van der Waals surface area contributed by atoms with Crippen LogP contribution in [0.4, 0.5) is 10.5 Å². The number of urea groups is 1. The zero-order valence-electron chi connectivity index (χ0n) is 11.8. The highest BCUT2D eigenvalue weighted by Gasteiger charge is 2.17. The van der Waals surface area contributed by atoms with Crippen LogP contribution in [0.25, 0.3) is 0 Å². The fraction of sp³-hybridized carbons (Fsp3) is 0.462. The minimum absolute atomic E-state index is 0.124. The third kappa shape index (κ3) is 4.31. The van der Waals surface area contributed by atoms with Gasteiger partial charge in [0.2, 0.25) is 0 Å². The largest absolute Gasteiger partial charge is 0.360 e. The van der Waals surface area contributed by atoms with Crippen LogP contribution in [0.15, 0.2) is 16.5 Å². The van der Waals surface area contributed by atoms with E-state index in [1.54, 1.807) is 12.1 Å². The van der Waals surface area contributed by atoms with Crippen LogP contribution in [0.2, 0.25) is 5.02 Å². The molecule has 1 aromatic carbocycles. The average molecular weight is 317 g/mol. The number of amides is 2. The van der Waals surface area contributed by atoms with Gasteiger partial charge in [0, 0.05) is 10.7 Å². The fourth-order valence-corrected chi connectivity index (χ4v) is 2.32. The van der Waals surface area contributed by atoms with Crippen LogP contribution in [-0.2, 0) is 10.5 Å². The number of nitrogens with one attached hydrogen (secondary N) is 1. The maximum Gasteiger partial charge on any atom is 0.360 e. The summed E-state index contributed by atoms with van der Waals surface area (Å²) in [6, 6.07) is 2.62. The molecule has 20 heavy (non-hydrogen) atoms. The molecule has 0 saturated heterocycles. The van der Waals surface area contributed by atoms with Gasteiger partial charge in [-0.25, -0.2) is 4.79 Å². The molecule has 110 valence electrons. The zero-order chi connectivity index (χ0) is 15.4. The Bertz CT molecular complexity index is 615. The Labute approximate surface area is 125 Å². The molecule has 0 aliphatic rings. The molecule has 1 N–H and O–H groups in total. The Morgan fingerprint density at radius 3 is 1.95 bits per heavy atom. The molecule has 0 heterocycles. The van der Waals surface area contributed by atoms with E-state index < -0.39 is 16.5 Å². The van der Waals surface area contributed by atoms with Crippen LogP contribution >= 0.6 is 11.6 Å². The van der Waals surface area contributed by atoms with Crippen molar-refractivity contribution in [1.29, 1.82) is 0 Å². The molecule has 0 unspecified atom stereocenters. The van der Waals surface area contributed by atoms with Gasteiger partial charge in [-0.3, -0.25) is 0 Å². The summed E-state index contributed by atoms with van der Waals surface area (Å²) in [4.78, 5) is 11.6. The number of carbonyl (C=O) groups is 1. The van der Waals surface area contributed by atoms with Crippen LogP contribution in [0, 0.1) is 0 Å². The van der Waals surface area contributed by atoms with Gasteiger partial charge in [0.1, 0.15) is 0 Å². The van der Waals surface area contributed by atoms with Crippen LogP contribution in [-0.4, -0.2) is 14.4 Å². The minimum atomic E-state index is -2.77. The van der Waals surface area contributed by atoms with Crippen molar-refractivity contribution in [3.05, 3.63) is 28.3 Å². The first-order valence-electron chi connectivity index (χ1n) is 6.17. The molecule has 2 amide bonds. The van der Waals surface area contributed by atoms with E-state index in [4.69, 9.17) is 11.6 Å². The standard InChI is InChI=1S/C13H17ClN2O3S/c1-7(2)10-5-9(14)6-11(8(3)4)12(10)15-13(17)16-20(18)19/h5-8H,1-4H3,(H,15,17). The van der Waals surface area contributed by atoms with Gasteiger partial charge in [0.05, 0.1) is 0 Å².